The molecular formula is C20H22N6O3S. The topological polar surface area (TPSA) is 118 Å². The predicted octanol–water partition coefficient (Wildman–Crippen LogP) is 1.85. The summed E-state index contributed by atoms with van der Waals surface area (Å²) in [6.45, 7) is 2.36. The van der Waals surface area contributed by atoms with Gasteiger partial charge < -0.3 is 15.2 Å². The Kier molecular flexibility index (Phi) is 5.51. The van der Waals surface area contributed by atoms with Crippen molar-refractivity contribution in [2.75, 3.05) is 23.7 Å². The van der Waals surface area contributed by atoms with E-state index in [-0.39, 0.29) is 17.3 Å². The number of sulfonamides is 1. The summed E-state index contributed by atoms with van der Waals surface area (Å²) >= 11 is 0. The van der Waals surface area contributed by atoms with Crippen LogP contribution in [0.2, 0.25) is 0 Å². The van der Waals surface area contributed by atoms with Crippen LogP contribution < -0.4 is 15.4 Å². The summed E-state index contributed by atoms with van der Waals surface area (Å²) in [7, 11) is -3.65. The minimum atomic E-state index is -3.65. The van der Waals surface area contributed by atoms with Crippen LogP contribution >= 0.6 is 0 Å². The first kappa shape index (κ1) is 20.0. The Balaban J connectivity index is 1.37. The molecule has 2 aromatic heterocycles. The van der Waals surface area contributed by atoms with Crippen LogP contribution in [0.4, 0.5) is 11.5 Å². The maximum atomic E-state index is 12.6. The number of nitrogens with one attached hydrogen (secondary N) is 3. The van der Waals surface area contributed by atoms with Crippen molar-refractivity contribution in [1.29, 1.82) is 0 Å². The molecule has 0 atom stereocenters. The first-order valence-corrected chi connectivity index (χ1v) is 11.0. The van der Waals surface area contributed by atoms with E-state index in [0.717, 1.165) is 11.4 Å². The monoisotopic (exact) mass is 426 g/mol. The third-order valence-electron chi connectivity index (χ3n) is 4.70. The molecule has 0 saturated carbocycles. The van der Waals surface area contributed by atoms with Crippen molar-refractivity contribution in [1.82, 2.24) is 19.3 Å². The van der Waals surface area contributed by atoms with Crippen LogP contribution in [-0.2, 0) is 21.2 Å². The molecule has 3 heterocycles. The number of aromatic nitrogens is 3. The molecular weight excluding hydrogens is 404 g/mol. The van der Waals surface area contributed by atoms with Crippen molar-refractivity contribution in [3.63, 3.8) is 0 Å². The summed E-state index contributed by atoms with van der Waals surface area (Å²) in [5, 5.41) is 5.88. The van der Waals surface area contributed by atoms with E-state index >= 15 is 0 Å². The second-order valence-electron chi connectivity index (χ2n) is 6.94. The Morgan fingerprint density at radius 3 is 2.70 bits per heavy atom. The summed E-state index contributed by atoms with van der Waals surface area (Å²) in [6.07, 6.45) is 4.67. The Hall–Kier alpha value is -3.24. The van der Waals surface area contributed by atoms with Crippen LogP contribution in [0.25, 0.3) is 5.82 Å². The number of carbonyl (C=O) groups is 1. The number of fused-ring (bicyclic) bond motifs is 1. The summed E-state index contributed by atoms with van der Waals surface area (Å²) in [6, 6.07) is 10.4. The van der Waals surface area contributed by atoms with Gasteiger partial charge in [0, 0.05) is 43.7 Å². The molecule has 4 rings (SSSR count). The molecule has 156 valence electrons. The number of carbonyl (C=O) groups excluding carboxylic acids is 1. The van der Waals surface area contributed by atoms with Crippen LogP contribution in [0.15, 0.2) is 53.7 Å². The maximum absolute atomic E-state index is 12.6. The molecule has 10 heteroatoms. The Bertz CT molecular complexity index is 1180. The van der Waals surface area contributed by atoms with Gasteiger partial charge in [0.05, 0.1) is 4.90 Å². The first-order chi connectivity index (χ1) is 14.4. The zero-order chi connectivity index (χ0) is 21.1. The van der Waals surface area contributed by atoms with Gasteiger partial charge in [0.1, 0.15) is 17.5 Å². The number of aryl methyl sites for hydroxylation is 2. The molecule has 0 aliphatic carbocycles. The number of rotatable bonds is 7. The minimum Gasteiger partial charge on any atom is -0.369 e. The maximum Gasteiger partial charge on any atom is 0.240 e. The number of hydrogen-bond acceptors (Lipinski definition) is 6. The summed E-state index contributed by atoms with van der Waals surface area (Å²) in [5.41, 5.74) is 1.49. The summed E-state index contributed by atoms with van der Waals surface area (Å²) in [5.74, 6) is 1.92. The van der Waals surface area contributed by atoms with E-state index in [1.54, 1.807) is 25.1 Å². The van der Waals surface area contributed by atoms with Crippen LogP contribution in [-0.4, -0.2) is 41.9 Å². The van der Waals surface area contributed by atoms with Gasteiger partial charge in [-0.05, 0) is 49.2 Å². The molecule has 3 aromatic rings. The van der Waals surface area contributed by atoms with Gasteiger partial charge >= 0.3 is 0 Å². The highest BCUT2D eigenvalue weighted by molar-refractivity contribution is 7.89. The van der Waals surface area contributed by atoms with E-state index in [2.05, 4.69) is 25.3 Å². The number of amides is 1. The fourth-order valence-electron chi connectivity index (χ4n) is 3.25. The molecule has 1 aliphatic rings. The molecule has 0 spiro atoms. The minimum absolute atomic E-state index is 0.0535. The van der Waals surface area contributed by atoms with Gasteiger partial charge in [-0.3, -0.25) is 4.79 Å². The van der Waals surface area contributed by atoms with Crippen molar-refractivity contribution in [3.8, 4) is 5.82 Å². The van der Waals surface area contributed by atoms with Crippen molar-refractivity contribution in [2.24, 2.45) is 0 Å². The Labute approximate surface area is 174 Å². The van der Waals surface area contributed by atoms with E-state index in [0.29, 0.717) is 36.7 Å². The smallest absolute Gasteiger partial charge is 0.240 e. The molecule has 0 fully saturated rings. The zero-order valence-corrected chi connectivity index (χ0v) is 17.2. The molecule has 1 aromatic carbocycles. The lowest BCUT2D eigenvalue weighted by molar-refractivity contribution is -0.116. The van der Waals surface area contributed by atoms with Gasteiger partial charge in [0.2, 0.25) is 15.9 Å². The molecule has 0 unspecified atom stereocenters. The molecule has 0 bridgehead atoms. The summed E-state index contributed by atoms with van der Waals surface area (Å²) < 4.78 is 29.7. The van der Waals surface area contributed by atoms with Crippen molar-refractivity contribution in [2.45, 2.75) is 24.7 Å². The molecule has 1 amide bonds. The highest BCUT2D eigenvalue weighted by atomic mass is 32.2. The lowest BCUT2D eigenvalue weighted by atomic mass is 10.0. The van der Waals surface area contributed by atoms with E-state index < -0.39 is 10.0 Å². The first-order valence-electron chi connectivity index (χ1n) is 9.56. The average Bonchev–Trinajstić information content (AvgIpc) is 3.25. The van der Waals surface area contributed by atoms with E-state index in [1.165, 1.54) is 6.07 Å². The lowest BCUT2D eigenvalue weighted by Gasteiger charge is -2.17. The van der Waals surface area contributed by atoms with E-state index in [9.17, 15) is 13.2 Å². The van der Waals surface area contributed by atoms with Crippen LogP contribution in [0.5, 0.6) is 0 Å². The Morgan fingerprint density at radius 1 is 1.10 bits per heavy atom. The fraction of sp³-hybridized carbons (Fsp3) is 0.250. The quantitative estimate of drug-likeness (QED) is 0.496. The third-order valence-corrected chi connectivity index (χ3v) is 6.16. The SMILES string of the molecule is Cc1nc(NCCNS(=O)(=O)c2ccc3c(c2)CCC(=O)N3)cc(-n2cccc2)n1. The van der Waals surface area contributed by atoms with E-state index in [1.807, 2.05) is 29.1 Å². The second-order valence-corrected chi connectivity index (χ2v) is 8.71. The molecule has 1 aliphatic heterocycles. The molecule has 0 radical (unpaired) electrons. The highest BCUT2D eigenvalue weighted by Gasteiger charge is 2.19. The van der Waals surface area contributed by atoms with E-state index in [4.69, 9.17) is 0 Å². The van der Waals surface area contributed by atoms with Gasteiger partial charge in [-0.25, -0.2) is 23.1 Å². The normalized spacial score (nSPS) is 13.6. The molecule has 0 saturated heterocycles. The molecule has 3 N–H and O–H groups in total. The molecule has 9 nitrogen and oxygen atoms in total. The van der Waals surface area contributed by atoms with Gasteiger partial charge in [0.25, 0.3) is 0 Å². The van der Waals surface area contributed by atoms with Gasteiger partial charge in [-0.15, -0.1) is 0 Å². The third kappa shape index (κ3) is 4.50. The zero-order valence-electron chi connectivity index (χ0n) is 16.4. The largest absolute Gasteiger partial charge is 0.369 e. The fourth-order valence-corrected chi connectivity index (χ4v) is 4.33. The number of anilines is 2. The standard InChI is InChI=1S/C20H22N6O3S/c1-14-23-18(13-19(24-14)26-10-2-3-11-26)21-8-9-22-30(28,29)16-5-6-17-15(12-16)4-7-20(27)25-17/h2-3,5-6,10-13,22H,4,7-9H2,1H3,(H,25,27)(H,21,23,24). The van der Waals surface area contributed by atoms with Crippen LogP contribution in [0, 0.1) is 6.92 Å². The average molecular weight is 427 g/mol. The van der Waals surface area contributed by atoms with Crippen molar-refractivity contribution < 1.29 is 13.2 Å². The number of benzene rings is 1. The Morgan fingerprint density at radius 2 is 1.90 bits per heavy atom. The number of nitrogens with zero attached hydrogens (tertiary/aromatic N) is 3. The van der Waals surface area contributed by atoms with Crippen LogP contribution in [0.3, 0.4) is 0 Å². The lowest BCUT2D eigenvalue weighted by Crippen LogP contribution is -2.29. The predicted molar refractivity (Wildman–Crippen MR) is 113 cm³/mol. The van der Waals surface area contributed by atoms with Crippen molar-refractivity contribution >= 4 is 27.4 Å². The summed E-state index contributed by atoms with van der Waals surface area (Å²) in [4.78, 5) is 20.4. The second kappa shape index (κ2) is 8.25. The van der Waals surface area contributed by atoms with Gasteiger partial charge in [-0.1, -0.05) is 0 Å². The van der Waals surface area contributed by atoms with Gasteiger partial charge in [0.15, 0.2) is 0 Å². The van der Waals surface area contributed by atoms with Crippen molar-refractivity contribution in [3.05, 3.63) is 60.2 Å². The van der Waals surface area contributed by atoms with Crippen LogP contribution in [0.1, 0.15) is 17.8 Å². The number of hydrogen-bond donors (Lipinski definition) is 3. The highest BCUT2D eigenvalue weighted by Crippen LogP contribution is 2.25. The van der Waals surface area contributed by atoms with Gasteiger partial charge in [-0.2, -0.15) is 0 Å². The molecule has 30 heavy (non-hydrogen) atoms.